The second-order valence-corrected chi connectivity index (χ2v) is 4.52. The van der Waals surface area contributed by atoms with Crippen LogP contribution in [-0.4, -0.2) is 22.0 Å². The van der Waals surface area contributed by atoms with Crippen LogP contribution in [0, 0.1) is 6.92 Å². The lowest BCUT2D eigenvalue weighted by molar-refractivity contribution is 0.182. The molecule has 2 heterocycles. The molecule has 0 fully saturated rings. The van der Waals surface area contributed by atoms with Gasteiger partial charge >= 0.3 is 0 Å². The molecule has 1 unspecified atom stereocenters. The van der Waals surface area contributed by atoms with E-state index in [9.17, 15) is 5.11 Å². The molecule has 6 heteroatoms. The van der Waals surface area contributed by atoms with Crippen LogP contribution in [0.4, 0.5) is 0 Å². The number of hydrogen-bond donors (Lipinski definition) is 1. The summed E-state index contributed by atoms with van der Waals surface area (Å²) in [5.74, 6) is 0.970. The van der Waals surface area contributed by atoms with Gasteiger partial charge in [-0.3, -0.25) is 0 Å². The molecule has 0 bridgehead atoms. The SMILES string of the molecule is COc1c(C(O)c2occc2Br)c(C)nn1C. The maximum absolute atomic E-state index is 10.3. The van der Waals surface area contributed by atoms with E-state index in [4.69, 9.17) is 9.15 Å². The molecule has 2 aromatic heterocycles. The lowest BCUT2D eigenvalue weighted by atomic mass is 10.1. The van der Waals surface area contributed by atoms with Crippen molar-refractivity contribution in [1.29, 1.82) is 0 Å². The summed E-state index contributed by atoms with van der Waals surface area (Å²) in [6.07, 6.45) is 0.615. The number of ether oxygens (including phenoxy) is 1. The van der Waals surface area contributed by atoms with Gasteiger partial charge in [-0.25, -0.2) is 4.68 Å². The highest BCUT2D eigenvalue weighted by Crippen LogP contribution is 2.35. The number of aliphatic hydroxyl groups is 1. The Balaban J connectivity index is 2.50. The van der Waals surface area contributed by atoms with E-state index in [1.807, 2.05) is 6.92 Å². The van der Waals surface area contributed by atoms with Crippen LogP contribution in [0.25, 0.3) is 0 Å². The second kappa shape index (κ2) is 4.54. The van der Waals surface area contributed by atoms with Crippen molar-refractivity contribution in [2.24, 2.45) is 7.05 Å². The monoisotopic (exact) mass is 300 g/mol. The molecule has 0 aromatic carbocycles. The van der Waals surface area contributed by atoms with Gasteiger partial charge in [-0.15, -0.1) is 0 Å². The number of aryl methyl sites for hydroxylation is 2. The van der Waals surface area contributed by atoms with Gasteiger partial charge in [0.25, 0.3) is 0 Å². The molecule has 0 aliphatic rings. The van der Waals surface area contributed by atoms with E-state index in [0.717, 1.165) is 4.47 Å². The summed E-state index contributed by atoms with van der Waals surface area (Å²) in [7, 11) is 3.31. The van der Waals surface area contributed by atoms with Crippen molar-refractivity contribution in [1.82, 2.24) is 9.78 Å². The molecular weight excluding hydrogens is 288 g/mol. The fourth-order valence-electron chi connectivity index (χ4n) is 1.84. The molecule has 5 nitrogen and oxygen atoms in total. The minimum Gasteiger partial charge on any atom is -0.481 e. The van der Waals surface area contributed by atoms with E-state index in [0.29, 0.717) is 22.9 Å². The predicted octanol–water partition coefficient (Wildman–Crippen LogP) is 2.17. The first kappa shape index (κ1) is 12.2. The average Bonchev–Trinajstić information content (AvgIpc) is 2.81. The van der Waals surface area contributed by atoms with Gasteiger partial charge in [0.05, 0.1) is 29.1 Å². The molecule has 2 rings (SSSR count). The molecule has 92 valence electrons. The number of furan rings is 1. The first-order valence-corrected chi connectivity index (χ1v) is 5.84. The molecule has 1 atom stereocenters. The summed E-state index contributed by atoms with van der Waals surface area (Å²) in [5, 5.41) is 14.5. The topological polar surface area (TPSA) is 60.4 Å². The predicted molar refractivity (Wildman–Crippen MR) is 65.0 cm³/mol. The van der Waals surface area contributed by atoms with Gasteiger partial charge in [-0.05, 0) is 28.9 Å². The quantitative estimate of drug-likeness (QED) is 0.944. The van der Waals surface area contributed by atoms with Gasteiger partial charge in [-0.1, -0.05) is 0 Å². The second-order valence-electron chi connectivity index (χ2n) is 3.67. The smallest absolute Gasteiger partial charge is 0.217 e. The number of aromatic nitrogens is 2. The van der Waals surface area contributed by atoms with E-state index in [2.05, 4.69) is 21.0 Å². The summed E-state index contributed by atoms with van der Waals surface area (Å²) < 4.78 is 12.8. The van der Waals surface area contributed by atoms with Gasteiger partial charge < -0.3 is 14.3 Å². The zero-order valence-corrected chi connectivity index (χ0v) is 11.4. The van der Waals surface area contributed by atoms with Crippen molar-refractivity contribution in [2.75, 3.05) is 7.11 Å². The molecule has 0 saturated carbocycles. The van der Waals surface area contributed by atoms with Crippen LogP contribution in [0.2, 0.25) is 0 Å². The molecule has 0 spiro atoms. The van der Waals surface area contributed by atoms with Gasteiger partial charge in [0.15, 0.2) is 5.76 Å². The Hall–Kier alpha value is -1.27. The van der Waals surface area contributed by atoms with E-state index < -0.39 is 6.10 Å². The van der Waals surface area contributed by atoms with Crippen LogP contribution in [0.15, 0.2) is 21.2 Å². The molecule has 0 saturated heterocycles. The highest BCUT2D eigenvalue weighted by molar-refractivity contribution is 9.10. The Kier molecular flexibility index (Phi) is 3.26. The number of halogens is 1. The molecule has 0 radical (unpaired) electrons. The maximum Gasteiger partial charge on any atom is 0.217 e. The fourth-order valence-corrected chi connectivity index (χ4v) is 2.26. The van der Waals surface area contributed by atoms with Crippen molar-refractivity contribution in [3.05, 3.63) is 33.8 Å². The molecule has 0 amide bonds. The summed E-state index contributed by atoms with van der Waals surface area (Å²) in [5.41, 5.74) is 1.32. The number of hydrogen-bond acceptors (Lipinski definition) is 4. The lowest BCUT2D eigenvalue weighted by Gasteiger charge is -2.10. The van der Waals surface area contributed by atoms with Gasteiger partial charge in [0.1, 0.15) is 6.10 Å². The van der Waals surface area contributed by atoms with E-state index in [-0.39, 0.29) is 0 Å². The number of nitrogens with zero attached hydrogens (tertiary/aromatic N) is 2. The van der Waals surface area contributed by atoms with Crippen LogP contribution in [0.1, 0.15) is 23.1 Å². The first-order chi connectivity index (χ1) is 8.06. The van der Waals surface area contributed by atoms with Crippen LogP contribution in [0.3, 0.4) is 0 Å². The first-order valence-electron chi connectivity index (χ1n) is 5.04. The Morgan fingerprint density at radius 2 is 2.29 bits per heavy atom. The number of rotatable bonds is 3. The standard InChI is InChI=1S/C11H13BrN2O3/c1-6-8(11(16-3)14(2)13-6)9(15)10-7(12)4-5-17-10/h4-5,9,15H,1-3H3. The summed E-state index contributed by atoms with van der Waals surface area (Å²) in [4.78, 5) is 0. The van der Waals surface area contributed by atoms with Gasteiger partial charge in [0, 0.05) is 7.05 Å². The van der Waals surface area contributed by atoms with Crippen molar-refractivity contribution >= 4 is 15.9 Å². The van der Waals surface area contributed by atoms with Gasteiger partial charge in [-0.2, -0.15) is 5.10 Å². The van der Waals surface area contributed by atoms with E-state index in [1.54, 1.807) is 24.9 Å². The minimum atomic E-state index is -0.900. The van der Waals surface area contributed by atoms with Crippen LogP contribution >= 0.6 is 15.9 Å². The van der Waals surface area contributed by atoms with Gasteiger partial charge in [0.2, 0.25) is 5.88 Å². The zero-order valence-electron chi connectivity index (χ0n) is 9.77. The molecule has 1 N–H and O–H groups in total. The third-order valence-electron chi connectivity index (χ3n) is 2.57. The molecule has 2 aromatic rings. The third-order valence-corrected chi connectivity index (χ3v) is 3.23. The molecular formula is C11H13BrN2O3. The largest absolute Gasteiger partial charge is 0.481 e. The zero-order chi connectivity index (χ0) is 12.6. The van der Waals surface area contributed by atoms with Crippen LogP contribution < -0.4 is 4.74 Å². The summed E-state index contributed by atoms with van der Waals surface area (Å²) >= 11 is 3.32. The van der Waals surface area contributed by atoms with Crippen molar-refractivity contribution in [3.63, 3.8) is 0 Å². The van der Waals surface area contributed by atoms with Crippen LogP contribution in [0.5, 0.6) is 5.88 Å². The highest BCUT2D eigenvalue weighted by Gasteiger charge is 2.26. The molecule has 0 aliphatic heterocycles. The average molecular weight is 301 g/mol. The van der Waals surface area contributed by atoms with E-state index >= 15 is 0 Å². The highest BCUT2D eigenvalue weighted by atomic mass is 79.9. The Labute approximate surface area is 107 Å². The Morgan fingerprint density at radius 1 is 1.59 bits per heavy atom. The normalized spacial score (nSPS) is 12.8. The van der Waals surface area contributed by atoms with Crippen LogP contribution in [-0.2, 0) is 7.05 Å². The summed E-state index contributed by atoms with van der Waals surface area (Å²) in [6, 6.07) is 1.73. The molecule has 0 aliphatic carbocycles. The fraction of sp³-hybridized carbons (Fsp3) is 0.364. The lowest BCUT2D eigenvalue weighted by Crippen LogP contribution is -2.03. The van der Waals surface area contributed by atoms with Crippen molar-refractivity contribution < 1.29 is 14.3 Å². The van der Waals surface area contributed by atoms with E-state index in [1.165, 1.54) is 6.26 Å². The third kappa shape index (κ3) is 1.98. The maximum atomic E-state index is 10.3. The summed E-state index contributed by atoms with van der Waals surface area (Å²) in [6.45, 7) is 1.82. The van der Waals surface area contributed by atoms with Crippen molar-refractivity contribution in [2.45, 2.75) is 13.0 Å². The Bertz CT molecular complexity index is 533. The minimum absolute atomic E-state index is 0.444. The molecule has 17 heavy (non-hydrogen) atoms. The number of aliphatic hydroxyl groups excluding tert-OH is 1. The Morgan fingerprint density at radius 3 is 2.82 bits per heavy atom. The number of methoxy groups -OCH3 is 1. The van der Waals surface area contributed by atoms with Crippen molar-refractivity contribution in [3.8, 4) is 5.88 Å².